The van der Waals surface area contributed by atoms with Crippen molar-refractivity contribution in [3.8, 4) is 0 Å². The van der Waals surface area contributed by atoms with Gasteiger partial charge in [0.05, 0.1) is 4.92 Å². The van der Waals surface area contributed by atoms with Crippen molar-refractivity contribution in [2.75, 3.05) is 5.88 Å². The molecule has 0 fully saturated rings. The molecule has 22 heavy (non-hydrogen) atoms. The molecule has 2 aromatic rings. The van der Waals surface area contributed by atoms with E-state index in [-0.39, 0.29) is 23.1 Å². The van der Waals surface area contributed by atoms with E-state index < -0.39 is 10.3 Å². The predicted octanol–water partition coefficient (Wildman–Crippen LogP) is 3.15. The molecule has 0 spiro atoms. The summed E-state index contributed by atoms with van der Waals surface area (Å²) in [5.41, 5.74) is -0.554. The molecular formula is C16H10ClNO4. The van der Waals surface area contributed by atoms with Crippen LogP contribution in [0.4, 0.5) is 5.69 Å². The molecule has 0 radical (unpaired) electrons. The van der Waals surface area contributed by atoms with Gasteiger partial charge in [0, 0.05) is 29.1 Å². The number of carbonyl (C=O) groups excluding carboxylic acids is 2. The molecule has 1 aliphatic rings. The highest BCUT2D eigenvalue weighted by atomic mass is 35.5. The van der Waals surface area contributed by atoms with Crippen molar-refractivity contribution in [2.45, 2.75) is 5.41 Å². The van der Waals surface area contributed by atoms with E-state index in [4.69, 9.17) is 11.6 Å². The minimum Gasteiger partial charge on any atom is -0.293 e. The van der Waals surface area contributed by atoms with Gasteiger partial charge in [-0.1, -0.05) is 36.4 Å². The normalized spacial score (nSPS) is 15.7. The van der Waals surface area contributed by atoms with Gasteiger partial charge in [-0.2, -0.15) is 0 Å². The molecule has 0 unspecified atom stereocenters. The van der Waals surface area contributed by atoms with Gasteiger partial charge >= 0.3 is 0 Å². The topological polar surface area (TPSA) is 77.3 Å². The number of hydrogen-bond donors (Lipinski definition) is 0. The molecule has 2 aromatic carbocycles. The van der Waals surface area contributed by atoms with Crippen LogP contribution in [0.3, 0.4) is 0 Å². The number of rotatable bonds is 3. The lowest BCUT2D eigenvalue weighted by Crippen LogP contribution is -2.40. The second-order valence-electron chi connectivity index (χ2n) is 5.05. The van der Waals surface area contributed by atoms with Crippen LogP contribution >= 0.6 is 11.6 Å². The van der Waals surface area contributed by atoms with Crippen molar-refractivity contribution in [3.05, 3.63) is 75.3 Å². The van der Waals surface area contributed by atoms with Gasteiger partial charge in [-0.05, 0) is 5.56 Å². The third kappa shape index (κ3) is 1.79. The summed E-state index contributed by atoms with van der Waals surface area (Å²) in [6.45, 7) is 0. The fraction of sp³-hybridized carbons (Fsp3) is 0.125. The first-order valence-corrected chi connectivity index (χ1v) is 7.05. The summed E-state index contributed by atoms with van der Waals surface area (Å²) < 4.78 is 0. The molecule has 110 valence electrons. The molecule has 0 amide bonds. The van der Waals surface area contributed by atoms with Gasteiger partial charge in [0.15, 0.2) is 11.6 Å². The second-order valence-corrected chi connectivity index (χ2v) is 5.31. The molecule has 0 heterocycles. The number of hydrogen-bond acceptors (Lipinski definition) is 4. The Kier molecular flexibility index (Phi) is 3.30. The molecule has 1 aliphatic carbocycles. The highest BCUT2D eigenvalue weighted by Gasteiger charge is 2.53. The van der Waals surface area contributed by atoms with Gasteiger partial charge in [-0.25, -0.2) is 0 Å². The lowest BCUT2D eigenvalue weighted by atomic mass is 9.77. The molecule has 0 N–H and O–H groups in total. The van der Waals surface area contributed by atoms with Crippen LogP contribution in [-0.2, 0) is 5.41 Å². The fourth-order valence-corrected chi connectivity index (χ4v) is 3.17. The maximum Gasteiger partial charge on any atom is 0.269 e. The SMILES string of the molecule is O=C1c2ccccc2C(=O)C1(CCl)c1ccc([N+](=O)[O-])cc1. The average molecular weight is 316 g/mol. The van der Waals surface area contributed by atoms with Gasteiger partial charge in [-0.3, -0.25) is 19.7 Å². The minimum absolute atomic E-state index is 0.108. The van der Waals surface area contributed by atoms with Crippen LogP contribution in [0.25, 0.3) is 0 Å². The van der Waals surface area contributed by atoms with Crippen molar-refractivity contribution in [1.82, 2.24) is 0 Å². The summed E-state index contributed by atoms with van der Waals surface area (Å²) in [4.78, 5) is 35.7. The van der Waals surface area contributed by atoms with E-state index in [2.05, 4.69) is 0 Å². The number of non-ortho nitro benzene ring substituents is 1. The van der Waals surface area contributed by atoms with Crippen LogP contribution in [0.2, 0.25) is 0 Å². The molecule has 5 nitrogen and oxygen atoms in total. The second kappa shape index (κ2) is 5.03. The molecule has 0 saturated carbocycles. The highest BCUT2D eigenvalue weighted by molar-refractivity contribution is 6.37. The molecule has 6 heteroatoms. The summed E-state index contributed by atoms with van der Waals surface area (Å²) in [5, 5.41) is 10.7. The number of benzene rings is 2. The quantitative estimate of drug-likeness (QED) is 0.377. The zero-order valence-corrected chi connectivity index (χ0v) is 12.0. The van der Waals surface area contributed by atoms with Gasteiger partial charge in [0.25, 0.3) is 5.69 Å². The monoisotopic (exact) mass is 315 g/mol. The number of fused-ring (bicyclic) bond motifs is 1. The van der Waals surface area contributed by atoms with Gasteiger partial charge in [0.1, 0.15) is 5.41 Å². The molecule has 0 aliphatic heterocycles. The van der Waals surface area contributed by atoms with Crippen LogP contribution in [0.15, 0.2) is 48.5 Å². The summed E-state index contributed by atoms with van der Waals surface area (Å²) in [6.07, 6.45) is 0. The minimum atomic E-state index is -1.50. The lowest BCUT2D eigenvalue weighted by Gasteiger charge is -2.23. The molecule has 0 atom stereocenters. The summed E-state index contributed by atoms with van der Waals surface area (Å²) in [6, 6.07) is 11.9. The molecule has 0 bridgehead atoms. The third-order valence-electron chi connectivity index (χ3n) is 3.96. The third-order valence-corrected chi connectivity index (χ3v) is 4.36. The van der Waals surface area contributed by atoms with Crippen molar-refractivity contribution < 1.29 is 14.5 Å². The predicted molar refractivity (Wildman–Crippen MR) is 80.6 cm³/mol. The first-order chi connectivity index (χ1) is 10.5. The van der Waals surface area contributed by atoms with Gasteiger partial charge in [-0.15, -0.1) is 11.6 Å². The first kappa shape index (κ1) is 14.4. The van der Waals surface area contributed by atoms with E-state index >= 15 is 0 Å². The van der Waals surface area contributed by atoms with Crippen molar-refractivity contribution in [2.24, 2.45) is 0 Å². The van der Waals surface area contributed by atoms with Crippen LogP contribution in [0.1, 0.15) is 26.3 Å². The summed E-state index contributed by atoms with van der Waals surface area (Å²) >= 11 is 6.01. The Hall–Kier alpha value is -2.53. The first-order valence-electron chi connectivity index (χ1n) is 6.52. The van der Waals surface area contributed by atoms with Crippen LogP contribution in [0, 0.1) is 10.1 Å². The average Bonchev–Trinajstić information content (AvgIpc) is 2.77. The Bertz CT molecular complexity index is 763. The smallest absolute Gasteiger partial charge is 0.269 e. The lowest BCUT2D eigenvalue weighted by molar-refractivity contribution is -0.384. The van der Waals surface area contributed by atoms with Gasteiger partial charge < -0.3 is 0 Å². The number of nitro groups is 1. The van der Waals surface area contributed by atoms with Crippen LogP contribution < -0.4 is 0 Å². The number of nitro benzene ring substituents is 1. The van der Waals surface area contributed by atoms with Crippen molar-refractivity contribution >= 4 is 28.9 Å². The highest BCUT2D eigenvalue weighted by Crippen LogP contribution is 2.41. The van der Waals surface area contributed by atoms with E-state index in [1.54, 1.807) is 24.3 Å². The van der Waals surface area contributed by atoms with Crippen molar-refractivity contribution in [1.29, 1.82) is 0 Å². The zero-order valence-electron chi connectivity index (χ0n) is 11.3. The van der Waals surface area contributed by atoms with Crippen molar-refractivity contribution in [3.63, 3.8) is 0 Å². The van der Waals surface area contributed by atoms with Crippen LogP contribution in [-0.4, -0.2) is 22.4 Å². The van der Waals surface area contributed by atoms with E-state index in [1.807, 2.05) is 0 Å². The fourth-order valence-electron chi connectivity index (χ4n) is 2.77. The number of ketones is 2. The number of Topliss-reactive ketones (excluding diaryl/α,β-unsaturated/α-hetero) is 2. The van der Waals surface area contributed by atoms with E-state index in [0.717, 1.165) is 0 Å². The molecule has 0 saturated heterocycles. The number of halogens is 1. The summed E-state index contributed by atoms with van der Waals surface area (Å²) in [5.74, 6) is -0.939. The Balaban J connectivity index is 2.17. The zero-order chi connectivity index (χ0) is 15.9. The Morgan fingerprint density at radius 3 is 1.86 bits per heavy atom. The Morgan fingerprint density at radius 1 is 0.955 bits per heavy atom. The number of alkyl halides is 1. The largest absolute Gasteiger partial charge is 0.293 e. The molecular weight excluding hydrogens is 306 g/mol. The maximum absolute atomic E-state index is 12.7. The number of nitrogens with zero attached hydrogens (tertiary/aromatic N) is 1. The standard InChI is InChI=1S/C16H10ClNO4/c17-9-16(10-5-7-11(8-6-10)18(21)22)14(19)12-3-1-2-4-13(12)15(16)20/h1-8H,9H2. The Morgan fingerprint density at radius 2 is 1.45 bits per heavy atom. The summed E-state index contributed by atoms with van der Waals surface area (Å²) in [7, 11) is 0. The number of carbonyl (C=O) groups is 2. The van der Waals surface area contributed by atoms with E-state index in [1.165, 1.54) is 24.3 Å². The van der Waals surface area contributed by atoms with E-state index in [9.17, 15) is 19.7 Å². The van der Waals surface area contributed by atoms with Gasteiger partial charge in [0.2, 0.25) is 0 Å². The molecule has 0 aromatic heterocycles. The molecule has 3 rings (SSSR count). The maximum atomic E-state index is 12.7. The Labute approximate surface area is 130 Å². The van der Waals surface area contributed by atoms with Crippen LogP contribution in [0.5, 0.6) is 0 Å². The van der Waals surface area contributed by atoms with E-state index in [0.29, 0.717) is 16.7 Å².